The first-order valence-corrected chi connectivity index (χ1v) is 12.8. The molecule has 0 bridgehead atoms. The Morgan fingerprint density at radius 1 is 0.941 bits per heavy atom. The van der Waals surface area contributed by atoms with Crippen molar-refractivity contribution in [1.82, 2.24) is 10.6 Å². The molecule has 3 aromatic carbocycles. The SMILES string of the molecule is O=C(NCCCCC1CN2c3ccccc3CCC2CN1)c1ccc2c(c1)Cc1ccccc1-2. The number of hydrogen-bond acceptors (Lipinski definition) is 3. The number of carbonyl (C=O) groups is 1. The van der Waals surface area contributed by atoms with E-state index < -0.39 is 0 Å². The minimum atomic E-state index is 0.0438. The molecule has 1 saturated heterocycles. The summed E-state index contributed by atoms with van der Waals surface area (Å²) >= 11 is 0. The molecule has 0 spiro atoms. The molecule has 34 heavy (non-hydrogen) atoms. The summed E-state index contributed by atoms with van der Waals surface area (Å²) in [5.74, 6) is 0.0438. The van der Waals surface area contributed by atoms with Gasteiger partial charge < -0.3 is 15.5 Å². The van der Waals surface area contributed by atoms with Crippen LogP contribution in [0.15, 0.2) is 66.7 Å². The smallest absolute Gasteiger partial charge is 0.251 e. The van der Waals surface area contributed by atoms with Crippen LogP contribution in [0.25, 0.3) is 11.1 Å². The Kier molecular flexibility index (Phi) is 5.84. The molecule has 1 fully saturated rings. The van der Waals surface area contributed by atoms with Gasteiger partial charge in [0, 0.05) is 43.0 Å². The summed E-state index contributed by atoms with van der Waals surface area (Å²) in [6.45, 7) is 2.90. The van der Waals surface area contributed by atoms with Gasteiger partial charge in [-0.3, -0.25) is 4.79 Å². The zero-order valence-electron chi connectivity index (χ0n) is 19.7. The number of piperazine rings is 1. The molecule has 0 aromatic heterocycles. The fourth-order valence-corrected chi connectivity index (χ4v) is 6.04. The second-order valence-electron chi connectivity index (χ2n) is 10.0. The normalized spacial score (nSPS) is 20.2. The van der Waals surface area contributed by atoms with E-state index in [1.54, 1.807) is 0 Å². The Hall–Kier alpha value is -3.11. The Balaban J connectivity index is 0.971. The third kappa shape index (κ3) is 4.12. The van der Waals surface area contributed by atoms with E-state index in [2.05, 4.69) is 76.2 Å². The van der Waals surface area contributed by atoms with Crippen LogP contribution < -0.4 is 15.5 Å². The number of nitrogens with one attached hydrogen (secondary N) is 2. The van der Waals surface area contributed by atoms with Crippen LogP contribution in [0.4, 0.5) is 5.69 Å². The lowest BCUT2D eigenvalue weighted by Gasteiger charge is -2.45. The van der Waals surface area contributed by atoms with Gasteiger partial charge in [0.25, 0.3) is 5.91 Å². The summed E-state index contributed by atoms with van der Waals surface area (Å²) in [5.41, 5.74) is 8.90. The Morgan fingerprint density at radius 3 is 2.71 bits per heavy atom. The van der Waals surface area contributed by atoms with Crippen molar-refractivity contribution in [3.63, 3.8) is 0 Å². The van der Waals surface area contributed by atoms with Crippen molar-refractivity contribution in [2.75, 3.05) is 24.5 Å². The minimum Gasteiger partial charge on any atom is -0.365 e. The zero-order valence-corrected chi connectivity index (χ0v) is 19.7. The van der Waals surface area contributed by atoms with Crippen LogP contribution in [0.5, 0.6) is 0 Å². The number of unbranched alkanes of at least 4 members (excludes halogenated alkanes) is 1. The van der Waals surface area contributed by atoms with E-state index in [9.17, 15) is 4.79 Å². The summed E-state index contributed by atoms with van der Waals surface area (Å²) in [7, 11) is 0. The number of carbonyl (C=O) groups excluding carboxylic acids is 1. The van der Waals surface area contributed by atoms with Crippen LogP contribution in [0.2, 0.25) is 0 Å². The molecular weight excluding hydrogens is 418 g/mol. The number of para-hydroxylation sites is 1. The third-order valence-corrected chi connectivity index (χ3v) is 7.87. The van der Waals surface area contributed by atoms with Gasteiger partial charge in [0.1, 0.15) is 0 Å². The molecule has 4 nitrogen and oxygen atoms in total. The van der Waals surface area contributed by atoms with E-state index in [1.165, 1.54) is 46.3 Å². The molecule has 4 heteroatoms. The van der Waals surface area contributed by atoms with Crippen molar-refractivity contribution in [3.8, 4) is 11.1 Å². The molecule has 2 unspecified atom stereocenters. The second kappa shape index (κ2) is 9.27. The number of rotatable bonds is 6. The summed E-state index contributed by atoms with van der Waals surface area (Å²) in [6, 6.07) is 24.7. The predicted octanol–water partition coefficient (Wildman–Crippen LogP) is 4.95. The van der Waals surface area contributed by atoms with Crippen LogP contribution in [0.1, 0.15) is 52.7 Å². The Bertz CT molecular complexity index is 1200. The van der Waals surface area contributed by atoms with Crippen molar-refractivity contribution in [2.24, 2.45) is 0 Å². The number of benzene rings is 3. The first kappa shape index (κ1) is 21.4. The molecule has 1 aliphatic carbocycles. The minimum absolute atomic E-state index is 0.0438. The largest absolute Gasteiger partial charge is 0.365 e. The fraction of sp³-hybridized carbons (Fsp3) is 0.367. The van der Waals surface area contributed by atoms with E-state index in [4.69, 9.17) is 0 Å². The lowest BCUT2D eigenvalue weighted by molar-refractivity contribution is 0.0953. The van der Waals surface area contributed by atoms with E-state index in [-0.39, 0.29) is 5.91 Å². The van der Waals surface area contributed by atoms with Gasteiger partial charge in [-0.2, -0.15) is 0 Å². The van der Waals surface area contributed by atoms with E-state index in [0.717, 1.165) is 50.9 Å². The van der Waals surface area contributed by atoms with Gasteiger partial charge >= 0.3 is 0 Å². The highest BCUT2D eigenvalue weighted by Crippen LogP contribution is 2.36. The summed E-state index contributed by atoms with van der Waals surface area (Å²) < 4.78 is 0. The Labute approximate surface area is 202 Å². The Morgan fingerprint density at radius 2 is 1.76 bits per heavy atom. The molecule has 2 heterocycles. The molecular formula is C30H33N3O. The summed E-state index contributed by atoms with van der Waals surface area (Å²) in [6.07, 6.45) is 6.65. The van der Waals surface area contributed by atoms with Gasteiger partial charge in [-0.15, -0.1) is 0 Å². The van der Waals surface area contributed by atoms with Crippen molar-refractivity contribution < 1.29 is 4.79 Å². The average Bonchev–Trinajstić information content (AvgIpc) is 3.26. The molecule has 3 aliphatic rings. The zero-order chi connectivity index (χ0) is 22.9. The highest BCUT2D eigenvalue weighted by Gasteiger charge is 2.31. The van der Waals surface area contributed by atoms with Crippen LogP contribution >= 0.6 is 0 Å². The predicted molar refractivity (Wildman–Crippen MR) is 139 cm³/mol. The van der Waals surface area contributed by atoms with Crippen molar-refractivity contribution >= 4 is 11.6 Å². The van der Waals surface area contributed by atoms with Crippen molar-refractivity contribution in [1.29, 1.82) is 0 Å². The maximum atomic E-state index is 12.7. The molecule has 174 valence electrons. The maximum Gasteiger partial charge on any atom is 0.251 e. The number of hydrogen-bond donors (Lipinski definition) is 2. The summed E-state index contributed by atoms with van der Waals surface area (Å²) in [4.78, 5) is 15.4. The maximum absolute atomic E-state index is 12.7. The third-order valence-electron chi connectivity index (χ3n) is 7.87. The van der Waals surface area contributed by atoms with E-state index in [0.29, 0.717) is 12.1 Å². The van der Waals surface area contributed by atoms with Crippen LogP contribution in [-0.2, 0) is 12.8 Å². The number of aryl methyl sites for hydroxylation is 1. The van der Waals surface area contributed by atoms with Crippen LogP contribution in [-0.4, -0.2) is 37.6 Å². The van der Waals surface area contributed by atoms with Crippen molar-refractivity contribution in [2.45, 2.75) is 50.6 Å². The highest BCUT2D eigenvalue weighted by atomic mass is 16.1. The van der Waals surface area contributed by atoms with Crippen LogP contribution in [0, 0.1) is 0 Å². The first-order chi connectivity index (χ1) is 16.8. The number of anilines is 1. The second-order valence-corrected chi connectivity index (χ2v) is 10.0. The highest BCUT2D eigenvalue weighted by molar-refractivity contribution is 5.95. The topological polar surface area (TPSA) is 44.4 Å². The first-order valence-electron chi connectivity index (χ1n) is 12.8. The monoisotopic (exact) mass is 451 g/mol. The lowest BCUT2D eigenvalue weighted by atomic mass is 9.92. The number of fused-ring (bicyclic) bond motifs is 6. The number of amides is 1. The molecule has 1 amide bonds. The molecule has 3 aromatic rings. The molecule has 0 saturated carbocycles. The van der Waals surface area contributed by atoms with Crippen molar-refractivity contribution in [3.05, 3.63) is 89.0 Å². The molecule has 2 N–H and O–H groups in total. The van der Waals surface area contributed by atoms with Gasteiger partial charge in [-0.1, -0.05) is 55.0 Å². The average molecular weight is 452 g/mol. The standard InChI is InChI=1S/C30H33N3O/c34-30(23-13-15-28-24(18-23)17-22-8-1-3-10-27(22)28)31-16-6-5-9-25-20-33-26(19-32-25)14-12-21-7-2-4-11-29(21)33/h1-4,7-8,10-11,13,15,18,25-26,32H,5-6,9,12,14,16-17,19-20H2,(H,31,34). The van der Waals surface area contributed by atoms with Gasteiger partial charge in [-0.05, 0) is 78.1 Å². The van der Waals surface area contributed by atoms with E-state index in [1.807, 2.05) is 6.07 Å². The van der Waals surface area contributed by atoms with Gasteiger partial charge in [-0.25, -0.2) is 0 Å². The van der Waals surface area contributed by atoms with E-state index >= 15 is 0 Å². The van der Waals surface area contributed by atoms with Crippen LogP contribution in [0.3, 0.4) is 0 Å². The molecule has 6 rings (SSSR count). The van der Waals surface area contributed by atoms with Gasteiger partial charge in [0.15, 0.2) is 0 Å². The van der Waals surface area contributed by atoms with Gasteiger partial charge in [0.05, 0.1) is 0 Å². The van der Waals surface area contributed by atoms with Gasteiger partial charge in [0.2, 0.25) is 0 Å². The molecule has 2 aliphatic heterocycles. The molecule has 2 atom stereocenters. The summed E-state index contributed by atoms with van der Waals surface area (Å²) in [5, 5.41) is 6.91. The quantitative estimate of drug-likeness (QED) is 0.408. The molecule has 0 radical (unpaired) electrons. The lowest BCUT2D eigenvalue weighted by Crippen LogP contribution is -2.58. The fourth-order valence-electron chi connectivity index (χ4n) is 6.04. The number of nitrogens with zero attached hydrogens (tertiary/aromatic N) is 1.